The van der Waals surface area contributed by atoms with Gasteiger partial charge in [-0.2, -0.15) is 0 Å². The van der Waals surface area contributed by atoms with Crippen LogP contribution in [0.3, 0.4) is 0 Å². The van der Waals surface area contributed by atoms with Crippen molar-refractivity contribution in [2.45, 2.75) is 163 Å². The molecule has 0 aliphatic heterocycles. The third kappa shape index (κ3) is 10.7. The molecule has 1 atom stereocenters. The lowest BCUT2D eigenvalue weighted by Gasteiger charge is -2.38. The fourth-order valence-electron chi connectivity index (χ4n) is 6.31. The summed E-state index contributed by atoms with van der Waals surface area (Å²) in [5.74, 6) is 0.605. The molecule has 0 aliphatic rings. The second-order valence-corrected chi connectivity index (χ2v) is 12.5. The Bertz CT molecular complexity index is 804. The van der Waals surface area contributed by atoms with Crippen LogP contribution in [-0.2, 0) is 31.1 Å². The first-order valence-electron chi connectivity index (χ1n) is 17.1. The molecule has 0 bridgehead atoms. The van der Waals surface area contributed by atoms with E-state index in [1.165, 1.54) is 103 Å². The van der Waals surface area contributed by atoms with Crippen LogP contribution < -0.4 is 0 Å². The highest BCUT2D eigenvalue weighted by Gasteiger charge is 2.35. The van der Waals surface area contributed by atoms with Crippen molar-refractivity contribution >= 4 is 0 Å². The molecule has 219 valence electrons. The van der Waals surface area contributed by atoms with E-state index in [4.69, 9.17) is 0 Å². The summed E-state index contributed by atoms with van der Waals surface area (Å²) < 4.78 is 0. The van der Waals surface area contributed by atoms with Crippen molar-refractivity contribution in [2.24, 2.45) is 5.92 Å². The van der Waals surface area contributed by atoms with E-state index in [2.05, 4.69) is 91.3 Å². The van der Waals surface area contributed by atoms with Crippen molar-refractivity contribution in [3.63, 3.8) is 0 Å². The first-order chi connectivity index (χ1) is 19.0. The van der Waals surface area contributed by atoms with E-state index in [-0.39, 0.29) is 5.41 Å². The maximum Gasteiger partial charge on any atom is 0.0234 e. The Labute approximate surface area is 244 Å². The lowest BCUT2D eigenvalue weighted by Crippen LogP contribution is -2.31. The van der Waals surface area contributed by atoms with Gasteiger partial charge in [0.1, 0.15) is 0 Å². The third-order valence-electron chi connectivity index (χ3n) is 8.80. The van der Waals surface area contributed by atoms with Gasteiger partial charge in [-0.3, -0.25) is 0 Å². The molecule has 0 heterocycles. The lowest BCUT2D eigenvalue weighted by atomic mass is 9.65. The van der Waals surface area contributed by atoms with Crippen LogP contribution in [0.4, 0.5) is 0 Å². The van der Waals surface area contributed by atoms with Crippen LogP contribution in [0.2, 0.25) is 0 Å². The average Bonchev–Trinajstić information content (AvgIpc) is 2.95. The van der Waals surface area contributed by atoms with E-state index in [0.717, 1.165) is 6.42 Å². The van der Waals surface area contributed by atoms with E-state index in [1.54, 1.807) is 33.4 Å². The topological polar surface area (TPSA) is 0 Å². The van der Waals surface area contributed by atoms with Crippen LogP contribution in [0.25, 0.3) is 0 Å². The van der Waals surface area contributed by atoms with E-state index < -0.39 is 0 Å². The largest absolute Gasteiger partial charge is 0.0654 e. The van der Waals surface area contributed by atoms with Crippen LogP contribution in [-0.4, -0.2) is 0 Å². The summed E-state index contributed by atoms with van der Waals surface area (Å²) in [6.07, 6.45) is 24.1. The van der Waals surface area contributed by atoms with Crippen molar-refractivity contribution in [3.05, 3.63) is 76.2 Å². The van der Waals surface area contributed by atoms with Crippen LogP contribution in [0, 0.1) is 12.3 Å². The summed E-state index contributed by atoms with van der Waals surface area (Å²) in [4.78, 5) is 0. The molecule has 2 rings (SSSR count). The fourth-order valence-corrected chi connectivity index (χ4v) is 6.31. The number of hydrogen-bond donors (Lipinski definition) is 0. The molecule has 0 nitrogen and oxygen atoms in total. The number of hydrogen-bond acceptors (Lipinski definition) is 0. The Hall–Kier alpha value is -1.56. The highest BCUT2D eigenvalue weighted by atomic mass is 14.4. The van der Waals surface area contributed by atoms with Crippen LogP contribution in [0.15, 0.2) is 36.4 Å². The van der Waals surface area contributed by atoms with Gasteiger partial charge in [0.15, 0.2) is 0 Å². The summed E-state index contributed by atoms with van der Waals surface area (Å²) in [6, 6.07) is 15.5. The average molecular weight is 532 g/mol. The second kappa shape index (κ2) is 18.7. The molecule has 0 saturated carbocycles. The number of aryl methyl sites for hydroxylation is 4. The number of benzene rings is 2. The first-order valence-corrected chi connectivity index (χ1v) is 17.1. The molecular formula is C39H63. The number of rotatable bonds is 21. The maximum absolute atomic E-state index is 2.79. The van der Waals surface area contributed by atoms with Crippen LogP contribution in [0.1, 0.15) is 165 Å². The van der Waals surface area contributed by atoms with E-state index >= 15 is 0 Å². The minimum atomic E-state index is -0.0298. The molecule has 0 aromatic heterocycles. The van der Waals surface area contributed by atoms with Gasteiger partial charge in [0.2, 0.25) is 0 Å². The lowest BCUT2D eigenvalue weighted by molar-refractivity contribution is 0.451. The maximum atomic E-state index is 2.79. The summed E-state index contributed by atoms with van der Waals surface area (Å²) in [5, 5.41) is 0. The van der Waals surface area contributed by atoms with Gasteiger partial charge in [-0.25, -0.2) is 0 Å². The van der Waals surface area contributed by atoms with E-state index in [9.17, 15) is 0 Å². The van der Waals surface area contributed by atoms with Gasteiger partial charge in [-0.15, -0.1) is 0 Å². The van der Waals surface area contributed by atoms with Gasteiger partial charge < -0.3 is 0 Å². The zero-order valence-electron chi connectivity index (χ0n) is 27.1. The Morgan fingerprint density at radius 2 is 0.872 bits per heavy atom. The molecule has 0 heteroatoms. The SMILES string of the molecule is CCCCCC(C)[CH]C(CC)(c1cc(CCCC)cc(CCCC)c1)c1cc(CCCC)cc(CCCC)c1. The molecule has 0 fully saturated rings. The molecule has 0 aliphatic carbocycles. The summed E-state index contributed by atoms with van der Waals surface area (Å²) in [7, 11) is 0. The summed E-state index contributed by atoms with van der Waals surface area (Å²) in [5.41, 5.74) is 9.30. The molecule has 0 saturated heterocycles. The molecule has 1 radical (unpaired) electrons. The van der Waals surface area contributed by atoms with Gasteiger partial charge in [-0.1, -0.05) is 136 Å². The summed E-state index contributed by atoms with van der Waals surface area (Å²) >= 11 is 0. The molecule has 2 aromatic carbocycles. The Kier molecular flexibility index (Phi) is 16.2. The predicted molar refractivity (Wildman–Crippen MR) is 176 cm³/mol. The predicted octanol–water partition coefficient (Wildman–Crippen LogP) is 12.2. The minimum absolute atomic E-state index is 0.0298. The van der Waals surface area contributed by atoms with Crippen molar-refractivity contribution in [2.75, 3.05) is 0 Å². The van der Waals surface area contributed by atoms with Gasteiger partial charge in [-0.05, 0) is 104 Å². The van der Waals surface area contributed by atoms with Gasteiger partial charge in [0.05, 0.1) is 0 Å². The quantitative estimate of drug-likeness (QED) is 0.140. The van der Waals surface area contributed by atoms with Gasteiger partial charge >= 0.3 is 0 Å². The molecule has 2 aromatic rings. The van der Waals surface area contributed by atoms with Crippen molar-refractivity contribution in [1.82, 2.24) is 0 Å². The second-order valence-electron chi connectivity index (χ2n) is 12.5. The van der Waals surface area contributed by atoms with E-state index in [0.29, 0.717) is 5.92 Å². The number of unbranched alkanes of at least 4 members (excludes halogenated alkanes) is 6. The highest BCUT2D eigenvalue weighted by molar-refractivity contribution is 5.49. The molecule has 1 unspecified atom stereocenters. The van der Waals surface area contributed by atoms with Crippen LogP contribution >= 0.6 is 0 Å². The smallest absolute Gasteiger partial charge is 0.0234 e. The molecule has 39 heavy (non-hydrogen) atoms. The zero-order chi connectivity index (χ0) is 28.5. The molecule has 0 amide bonds. The molecule has 0 N–H and O–H groups in total. The van der Waals surface area contributed by atoms with Gasteiger partial charge in [0.25, 0.3) is 0 Å². The molecular weight excluding hydrogens is 468 g/mol. The first kappa shape index (κ1) is 33.6. The Morgan fingerprint density at radius 1 is 0.513 bits per heavy atom. The zero-order valence-corrected chi connectivity index (χ0v) is 27.1. The standard InChI is InChI=1S/C39H63/c1-8-14-19-20-32(7)31-39(13-6,37-27-33(21-15-9-2)25-34(28-37)22-16-10-3)38-29-35(23-17-11-4)26-36(30-38)24-18-12-5/h25-32H,8-24H2,1-7H3. The normalized spacial score (nSPS) is 12.7. The highest BCUT2D eigenvalue weighted by Crippen LogP contribution is 2.43. The van der Waals surface area contributed by atoms with E-state index in [1.807, 2.05) is 0 Å². The Morgan fingerprint density at radius 3 is 1.18 bits per heavy atom. The fraction of sp³-hybridized carbons (Fsp3) is 0.667. The third-order valence-corrected chi connectivity index (χ3v) is 8.80. The van der Waals surface area contributed by atoms with Crippen molar-refractivity contribution in [3.8, 4) is 0 Å². The van der Waals surface area contributed by atoms with Crippen molar-refractivity contribution in [1.29, 1.82) is 0 Å². The van der Waals surface area contributed by atoms with Gasteiger partial charge in [0, 0.05) is 5.41 Å². The monoisotopic (exact) mass is 531 g/mol. The minimum Gasteiger partial charge on any atom is -0.0654 e. The summed E-state index contributed by atoms with van der Waals surface area (Å²) in [6.45, 7) is 16.5. The van der Waals surface area contributed by atoms with Crippen LogP contribution in [0.5, 0.6) is 0 Å². The molecule has 0 spiro atoms. The Balaban J connectivity index is 2.72. The van der Waals surface area contributed by atoms with Crippen molar-refractivity contribution < 1.29 is 0 Å².